The van der Waals surface area contributed by atoms with Crippen LogP contribution in [-0.2, 0) is 6.54 Å². The molecule has 0 bridgehead atoms. The summed E-state index contributed by atoms with van der Waals surface area (Å²) in [6.07, 6.45) is 0. The van der Waals surface area contributed by atoms with E-state index in [9.17, 15) is 5.11 Å². The van der Waals surface area contributed by atoms with Crippen LogP contribution in [0.25, 0.3) is 0 Å². The minimum absolute atomic E-state index is 0.356. The fourth-order valence-corrected chi connectivity index (χ4v) is 2.24. The Morgan fingerprint density at radius 1 is 1.29 bits per heavy atom. The van der Waals surface area contributed by atoms with Crippen molar-refractivity contribution in [3.05, 3.63) is 35.5 Å². The van der Waals surface area contributed by atoms with Crippen LogP contribution < -0.4 is 9.79 Å². The predicted octanol–water partition coefficient (Wildman–Crippen LogP) is 1.44. The van der Waals surface area contributed by atoms with Gasteiger partial charge in [0.15, 0.2) is 12.5 Å². The minimum atomic E-state index is -0.356. The number of rotatable bonds is 4. The molecule has 2 aromatic rings. The van der Waals surface area contributed by atoms with Gasteiger partial charge >= 0.3 is 0 Å². The summed E-state index contributed by atoms with van der Waals surface area (Å²) in [4.78, 5) is 1.22. The molecular formula is C12H14N2O2S. The normalized spacial score (nSPS) is 10.7. The second kappa shape index (κ2) is 5.23. The van der Waals surface area contributed by atoms with Crippen molar-refractivity contribution in [3.8, 4) is 5.95 Å². The lowest BCUT2D eigenvalue weighted by Gasteiger charge is -1.99. The van der Waals surface area contributed by atoms with Crippen LogP contribution in [0.3, 0.4) is 0 Å². The van der Waals surface area contributed by atoms with Crippen molar-refractivity contribution in [2.24, 2.45) is 0 Å². The molecule has 2 rings (SSSR count). The summed E-state index contributed by atoms with van der Waals surface area (Å²) in [5, 5.41) is 14.7. The summed E-state index contributed by atoms with van der Waals surface area (Å²) in [5.41, 5.74) is 1.81. The molecule has 0 fully saturated rings. The van der Waals surface area contributed by atoms with Crippen LogP contribution in [0.2, 0.25) is 0 Å². The van der Waals surface area contributed by atoms with Crippen molar-refractivity contribution < 1.29 is 14.3 Å². The third-order valence-electron chi connectivity index (χ3n) is 2.50. The average molecular weight is 250 g/mol. The molecule has 0 N–H and O–H groups in total. The molecule has 0 atom stereocenters. The molecule has 1 aromatic carbocycles. The van der Waals surface area contributed by atoms with E-state index in [1.54, 1.807) is 23.4 Å². The zero-order valence-electron chi connectivity index (χ0n) is 9.84. The Labute approximate surface area is 104 Å². The number of hydrogen-bond donors (Lipinski definition) is 0. The van der Waals surface area contributed by atoms with Gasteiger partial charge in [-0.15, -0.1) is 11.8 Å². The molecule has 0 aliphatic carbocycles. The van der Waals surface area contributed by atoms with Crippen molar-refractivity contribution in [1.29, 1.82) is 0 Å². The van der Waals surface area contributed by atoms with E-state index in [0.29, 0.717) is 12.2 Å². The van der Waals surface area contributed by atoms with E-state index in [2.05, 4.69) is 41.0 Å². The third kappa shape index (κ3) is 3.00. The second-order valence-corrected chi connectivity index (χ2v) is 5.00. The molecule has 17 heavy (non-hydrogen) atoms. The first kappa shape index (κ1) is 12.0. The van der Waals surface area contributed by atoms with E-state index in [-0.39, 0.29) is 5.95 Å². The first-order valence-electron chi connectivity index (χ1n) is 5.39. The molecule has 0 amide bonds. The highest BCUT2D eigenvalue weighted by Gasteiger charge is 2.11. The highest BCUT2D eigenvalue weighted by Crippen LogP contribution is 2.17. The first-order chi connectivity index (χ1) is 8.16. The van der Waals surface area contributed by atoms with Crippen LogP contribution in [0.15, 0.2) is 33.7 Å². The maximum absolute atomic E-state index is 11.1. The van der Waals surface area contributed by atoms with Crippen molar-refractivity contribution in [2.75, 3.05) is 5.75 Å². The summed E-state index contributed by atoms with van der Waals surface area (Å²) in [7, 11) is 0. The fourth-order valence-electron chi connectivity index (χ4n) is 1.41. The lowest BCUT2D eigenvalue weighted by Crippen LogP contribution is -2.39. The van der Waals surface area contributed by atoms with Crippen LogP contribution in [0, 0.1) is 13.8 Å². The average Bonchev–Trinajstić information content (AvgIpc) is 2.64. The van der Waals surface area contributed by atoms with E-state index in [4.69, 9.17) is 0 Å². The fraction of sp³-hybridized carbons (Fsp3) is 0.333. The maximum Gasteiger partial charge on any atom is 0.230 e. The first-order valence-corrected chi connectivity index (χ1v) is 6.38. The Bertz CT molecular complexity index is 494. The topological polar surface area (TPSA) is 53.0 Å². The van der Waals surface area contributed by atoms with Gasteiger partial charge in [-0.05, 0) is 19.1 Å². The summed E-state index contributed by atoms with van der Waals surface area (Å²) in [5.74, 6) is 0.505. The van der Waals surface area contributed by atoms with Crippen LogP contribution >= 0.6 is 11.8 Å². The van der Waals surface area contributed by atoms with Crippen LogP contribution in [0.4, 0.5) is 0 Å². The summed E-state index contributed by atoms with van der Waals surface area (Å²) in [6, 6.07) is 8.37. The van der Waals surface area contributed by atoms with Gasteiger partial charge in [-0.3, -0.25) is 0 Å². The number of aryl methyl sites for hydroxylation is 2. The molecule has 0 saturated heterocycles. The van der Waals surface area contributed by atoms with Gasteiger partial charge < -0.3 is 9.63 Å². The third-order valence-corrected chi connectivity index (χ3v) is 3.49. The van der Waals surface area contributed by atoms with Gasteiger partial charge in [-0.2, -0.15) is 0 Å². The monoisotopic (exact) mass is 250 g/mol. The number of benzene rings is 1. The van der Waals surface area contributed by atoms with Gasteiger partial charge in [0, 0.05) is 11.8 Å². The van der Waals surface area contributed by atoms with Crippen molar-refractivity contribution in [2.45, 2.75) is 25.3 Å². The molecule has 5 heteroatoms. The molecule has 0 aliphatic rings. The zero-order valence-corrected chi connectivity index (χ0v) is 10.7. The highest BCUT2D eigenvalue weighted by atomic mass is 32.2. The van der Waals surface area contributed by atoms with Gasteiger partial charge in [0.25, 0.3) is 0 Å². The molecule has 0 aliphatic heterocycles. The molecule has 90 valence electrons. The standard InChI is InChI=1S/C12H14N2O2S/c1-9-3-5-11(6-4-9)17-8-7-14-10(2)12(15)16-13-14/h3-6H,7-8H2,1-2H3. The van der Waals surface area contributed by atoms with Gasteiger partial charge in [-0.1, -0.05) is 22.4 Å². The smallest absolute Gasteiger partial charge is 0.230 e. The van der Waals surface area contributed by atoms with E-state index < -0.39 is 0 Å². The minimum Gasteiger partial charge on any atom is -0.539 e. The summed E-state index contributed by atoms with van der Waals surface area (Å²) in [6.45, 7) is 4.46. The van der Waals surface area contributed by atoms with Crippen LogP contribution in [0.5, 0.6) is 5.95 Å². The SMILES string of the molecule is Cc1ccc(SCC[n+]2noc([O-])c2C)cc1. The number of nitrogens with zero attached hydrogens (tertiary/aromatic N) is 2. The second-order valence-electron chi connectivity index (χ2n) is 3.83. The number of hydrogen-bond acceptors (Lipinski definition) is 4. The highest BCUT2D eigenvalue weighted by molar-refractivity contribution is 7.99. The molecule has 1 heterocycles. The van der Waals surface area contributed by atoms with E-state index in [1.165, 1.54) is 10.5 Å². The molecule has 0 radical (unpaired) electrons. The maximum atomic E-state index is 11.1. The Morgan fingerprint density at radius 3 is 2.59 bits per heavy atom. The van der Waals surface area contributed by atoms with Crippen molar-refractivity contribution in [3.63, 3.8) is 0 Å². The van der Waals surface area contributed by atoms with Crippen molar-refractivity contribution in [1.82, 2.24) is 5.27 Å². The van der Waals surface area contributed by atoms with Gasteiger partial charge in [-0.25, -0.2) is 0 Å². The van der Waals surface area contributed by atoms with Crippen LogP contribution in [0.1, 0.15) is 11.3 Å². The molecule has 4 nitrogen and oxygen atoms in total. The van der Waals surface area contributed by atoms with E-state index in [0.717, 1.165) is 5.75 Å². The van der Waals surface area contributed by atoms with E-state index >= 15 is 0 Å². The summed E-state index contributed by atoms with van der Waals surface area (Å²) < 4.78 is 6.16. The summed E-state index contributed by atoms with van der Waals surface area (Å²) >= 11 is 1.74. The zero-order chi connectivity index (χ0) is 12.3. The van der Waals surface area contributed by atoms with Crippen LogP contribution in [-0.4, -0.2) is 11.0 Å². The Morgan fingerprint density at radius 2 is 2.00 bits per heavy atom. The molecule has 0 saturated carbocycles. The molecule has 0 unspecified atom stereocenters. The largest absolute Gasteiger partial charge is 0.539 e. The molecule has 0 spiro atoms. The Hall–Kier alpha value is -1.49. The van der Waals surface area contributed by atoms with Gasteiger partial charge in [0.1, 0.15) is 0 Å². The molecular weight excluding hydrogens is 236 g/mol. The number of thioether (sulfide) groups is 1. The van der Waals surface area contributed by atoms with Gasteiger partial charge in [0.05, 0.1) is 11.0 Å². The predicted molar refractivity (Wildman–Crippen MR) is 62.8 cm³/mol. The quantitative estimate of drug-likeness (QED) is 0.608. The Balaban J connectivity index is 1.87. The lowest BCUT2D eigenvalue weighted by molar-refractivity contribution is -0.763. The lowest BCUT2D eigenvalue weighted by atomic mass is 10.2. The van der Waals surface area contributed by atoms with Crippen molar-refractivity contribution >= 4 is 11.8 Å². The molecule has 1 aromatic heterocycles. The van der Waals surface area contributed by atoms with Gasteiger partial charge in [0.2, 0.25) is 5.69 Å². The number of aromatic nitrogens is 2. The Kier molecular flexibility index (Phi) is 3.68. The van der Waals surface area contributed by atoms with E-state index in [1.807, 2.05) is 0 Å².